The number of phenols is 4. The van der Waals surface area contributed by atoms with Gasteiger partial charge in [0.15, 0.2) is 23.0 Å². The molecule has 0 aromatic heterocycles. The van der Waals surface area contributed by atoms with E-state index >= 15 is 0 Å². The Kier molecular flexibility index (Phi) is 12.0. The highest BCUT2D eigenvalue weighted by molar-refractivity contribution is 6.02. The van der Waals surface area contributed by atoms with Gasteiger partial charge in [-0.15, -0.1) is 0 Å². The fraction of sp³-hybridized carbons (Fsp3) is 0.562. The first-order chi connectivity index (χ1) is 23.4. The van der Waals surface area contributed by atoms with E-state index in [-0.39, 0.29) is 34.8 Å². The van der Waals surface area contributed by atoms with Gasteiger partial charge in [0.2, 0.25) is 12.6 Å². The van der Waals surface area contributed by atoms with Gasteiger partial charge >= 0.3 is 5.97 Å². The van der Waals surface area contributed by atoms with Crippen LogP contribution in [0.1, 0.15) is 52.1 Å². The second-order valence-electron chi connectivity index (χ2n) is 12.6. The number of aliphatic hydroxyl groups is 7. The van der Waals surface area contributed by atoms with Gasteiger partial charge in [0.1, 0.15) is 78.3 Å². The predicted octanol–water partition coefficient (Wildman–Crippen LogP) is -1.42. The number of aliphatic hydroxyl groups excluding tert-OH is 7. The molecule has 0 spiro atoms. The molecule has 11 N–H and O–H groups in total. The van der Waals surface area contributed by atoms with Gasteiger partial charge in [-0.1, -0.05) is 13.8 Å². The number of rotatable bonds is 11. The molecular weight excluding hydrogens is 672 g/mol. The van der Waals surface area contributed by atoms with Crippen molar-refractivity contribution < 1.29 is 89.4 Å². The Hall–Kier alpha value is -3.98. The summed E-state index contributed by atoms with van der Waals surface area (Å²) in [6.45, 7) is 4.67. The lowest BCUT2D eigenvalue weighted by molar-refractivity contribution is -0.278. The van der Waals surface area contributed by atoms with E-state index in [1.54, 1.807) is 13.8 Å². The van der Waals surface area contributed by atoms with Gasteiger partial charge in [-0.25, -0.2) is 4.79 Å². The van der Waals surface area contributed by atoms with Crippen LogP contribution < -0.4 is 9.47 Å². The number of carbonyl (C=O) groups excluding carboxylic acids is 2. The molecule has 2 aromatic carbocycles. The number of ether oxygens (including phenoxy) is 5. The molecule has 18 heteroatoms. The highest BCUT2D eigenvalue weighted by Gasteiger charge is 2.48. The van der Waals surface area contributed by atoms with Crippen molar-refractivity contribution in [3.8, 4) is 34.5 Å². The Labute approximate surface area is 284 Å². The summed E-state index contributed by atoms with van der Waals surface area (Å²) < 4.78 is 27.9. The number of benzene rings is 2. The average Bonchev–Trinajstić information content (AvgIpc) is 3.06. The van der Waals surface area contributed by atoms with E-state index in [1.165, 1.54) is 13.8 Å². The summed E-state index contributed by atoms with van der Waals surface area (Å²) in [4.78, 5) is 26.1. The topological polar surface area (TPSA) is 303 Å². The summed E-state index contributed by atoms with van der Waals surface area (Å²) in [5.74, 6) is -5.81. The fourth-order valence-corrected chi connectivity index (χ4v) is 5.54. The van der Waals surface area contributed by atoms with Crippen molar-refractivity contribution in [1.29, 1.82) is 0 Å². The van der Waals surface area contributed by atoms with Gasteiger partial charge in [-0.3, -0.25) is 4.79 Å². The first-order valence-corrected chi connectivity index (χ1v) is 15.5. The minimum atomic E-state index is -1.99. The molecule has 278 valence electrons. The van der Waals surface area contributed by atoms with Gasteiger partial charge in [-0.2, -0.15) is 0 Å². The normalized spacial score (nSPS) is 29.8. The zero-order chi connectivity index (χ0) is 37.4. The number of ketones is 1. The molecule has 2 heterocycles. The molecule has 18 nitrogen and oxygen atoms in total. The first-order valence-electron chi connectivity index (χ1n) is 15.5. The SMILES string of the molecule is Cc1c(O)c(C(=O)CC(C)C)c(O[C@@H]2O[C@H](COC(=O)c3cc(O)c(O)c(O)c3)[C@@H](O)[C@H](O)[C@H]2O)c(C)c1O[C@@H]1O[C@H](CO)[C@@H](O)[C@H](O)[C@H]1O. The number of aromatic hydroxyl groups is 4. The van der Waals surface area contributed by atoms with E-state index < -0.39 is 121 Å². The van der Waals surface area contributed by atoms with Crippen LogP contribution in [0.3, 0.4) is 0 Å². The Morgan fingerprint density at radius 1 is 0.720 bits per heavy atom. The van der Waals surface area contributed by atoms with Gasteiger partial charge in [-0.05, 0) is 31.9 Å². The smallest absolute Gasteiger partial charge is 0.338 e. The molecule has 2 aromatic rings. The minimum absolute atomic E-state index is 0.0318. The summed E-state index contributed by atoms with van der Waals surface area (Å²) in [7, 11) is 0. The van der Waals surface area contributed by atoms with Crippen molar-refractivity contribution in [1.82, 2.24) is 0 Å². The summed E-state index contributed by atoms with van der Waals surface area (Å²) in [5.41, 5.74) is -0.852. The van der Waals surface area contributed by atoms with E-state index in [9.17, 15) is 65.8 Å². The maximum atomic E-state index is 13.5. The standard InChI is InChI=1S/C32H42O18/c1-10(2)5-14(34)19-20(37)11(3)28(49-31-26(43)24(41)22(39)17(8-33)47-31)12(4)29(19)50-32-27(44)25(42)23(40)18(48-32)9-46-30(45)13-6-15(35)21(38)16(36)7-13/h6-7,10,17-18,22-27,31-33,35-44H,5,8-9H2,1-4H3/t17-,18-,22-,23-,24+,25+,26-,27-,31+,32+/m1/s1. The van der Waals surface area contributed by atoms with Crippen LogP contribution >= 0.6 is 0 Å². The molecule has 0 radical (unpaired) electrons. The Balaban J connectivity index is 1.67. The highest BCUT2D eigenvalue weighted by Crippen LogP contribution is 2.45. The van der Waals surface area contributed by atoms with Crippen LogP contribution in [-0.4, -0.2) is 143 Å². The summed E-state index contributed by atoms with van der Waals surface area (Å²) in [5, 5.41) is 113. The van der Waals surface area contributed by atoms with Crippen LogP contribution in [0.25, 0.3) is 0 Å². The van der Waals surface area contributed by atoms with Crippen molar-refractivity contribution in [3.05, 3.63) is 34.4 Å². The molecule has 2 fully saturated rings. The molecule has 2 aliphatic rings. The molecule has 0 saturated carbocycles. The molecule has 50 heavy (non-hydrogen) atoms. The van der Waals surface area contributed by atoms with E-state index in [0.29, 0.717) is 0 Å². The van der Waals surface area contributed by atoms with Crippen molar-refractivity contribution >= 4 is 11.8 Å². The molecular formula is C32H42O18. The zero-order valence-corrected chi connectivity index (χ0v) is 27.4. The third kappa shape index (κ3) is 7.68. The lowest BCUT2D eigenvalue weighted by Gasteiger charge is -2.41. The number of carbonyl (C=O) groups is 2. The van der Waals surface area contributed by atoms with Gasteiger partial charge in [0.05, 0.1) is 12.2 Å². The fourth-order valence-electron chi connectivity index (χ4n) is 5.54. The minimum Gasteiger partial charge on any atom is -0.507 e. The number of hydrogen-bond donors (Lipinski definition) is 11. The van der Waals surface area contributed by atoms with E-state index in [1.807, 2.05) is 0 Å². The zero-order valence-electron chi connectivity index (χ0n) is 27.4. The van der Waals surface area contributed by atoms with Crippen molar-refractivity contribution in [2.75, 3.05) is 13.2 Å². The molecule has 2 saturated heterocycles. The summed E-state index contributed by atoms with van der Waals surface area (Å²) in [6, 6.07) is 1.60. The Morgan fingerprint density at radius 2 is 1.22 bits per heavy atom. The summed E-state index contributed by atoms with van der Waals surface area (Å²) in [6.07, 6.45) is -17.8. The molecule has 0 bridgehead atoms. The lowest BCUT2D eigenvalue weighted by Crippen LogP contribution is -2.60. The second kappa shape index (κ2) is 15.5. The van der Waals surface area contributed by atoms with Crippen LogP contribution in [0, 0.1) is 19.8 Å². The third-order valence-electron chi connectivity index (χ3n) is 8.38. The number of esters is 1. The van der Waals surface area contributed by atoms with Crippen LogP contribution in [0.5, 0.6) is 34.5 Å². The molecule has 4 rings (SSSR count). The van der Waals surface area contributed by atoms with Gasteiger partial charge in [0.25, 0.3) is 0 Å². The highest BCUT2D eigenvalue weighted by atomic mass is 16.7. The van der Waals surface area contributed by atoms with Gasteiger partial charge < -0.3 is 79.9 Å². The second-order valence-corrected chi connectivity index (χ2v) is 12.6. The van der Waals surface area contributed by atoms with Crippen LogP contribution in [0.2, 0.25) is 0 Å². The average molecular weight is 715 g/mol. The van der Waals surface area contributed by atoms with Crippen LogP contribution in [0.15, 0.2) is 12.1 Å². The lowest BCUT2D eigenvalue weighted by atomic mass is 9.94. The molecule has 0 unspecified atom stereocenters. The predicted molar refractivity (Wildman–Crippen MR) is 165 cm³/mol. The number of hydrogen-bond acceptors (Lipinski definition) is 18. The van der Waals surface area contributed by atoms with E-state index in [4.69, 9.17) is 23.7 Å². The monoisotopic (exact) mass is 714 g/mol. The number of phenolic OH excluding ortho intramolecular Hbond substituents is 4. The van der Waals surface area contributed by atoms with Crippen LogP contribution in [0.4, 0.5) is 0 Å². The maximum absolute atomic E-state index is 13.5. The third-order valence-corrected chi connectivity index (χ3v) is 8.38. The van der Waals surface area contributed by atoms with E-state index in [2.05, 4.69) is 0 Å². The van der Waals surface area contributed by atoms with Gasteiger partial charge in [0, 0.05) is 17.5 Å². The molecule has 0 aliphatic carbocycles. The van der Waals surface area contributed by atoms with Crippen molar-refractivity contribution in [2.45, 2.75) is 95.5 Å². The summed E-state index contributed by atoms with van der Waals surface area (Å²) >= 11 is 0. The maximum Gasteiger partial charge on any atom is 0.338 e. The Morgan fingerprint density at radius 3 is 1.74 bits per heavy atom. The first kappa shape index (κ1) is 38.8. The quantitative estimate of drug-likeness (QED) is 0.0723. The van der Waals surface area contributed by atoms with Crippen molar-refractivity contribution in [2.24, 2.45) is 5.92 Å². The van der Waals surface area contributed by atoms with Crippen molar-refractivity contribution in [3.63, 3.8) is 0 Å². The largest absolute Gasteiger partial charge is 0.507 e. The molecule has 10 atom stereocenters. The Bertz CT molecular complexity index is 1540. The van der Waals surface area contributed by atoms with E-state index in [0.717, 1.165) is 12.1 Å². The molecule has 0 amide bonds. The van der Waals surface area contributed by atoms with Crippen LogP contribution in [-0.2, 0) is 14.2 Å². The molecule has 2 aliphatic heterocycles. The number of Topliss-reactive ketones (excluding diaryl/α,β-unsaturated/α-hetero) is 1.